The molecule has 184 valence electrons. The molecule has 2 heterocycles. The fourth-order valence-corrected chi connectivity index (χ4v) is 4.99. The summed E-state index contributed by atoms with van der Waals surface area (Å²) in [6.07, 6.45) is 3.09. The number of rotatable bonds is 9. The average molecular weight is 482 g/mol. The second-order valence-electron chi connectivity index (χ2n) is 9.13. The van der Waals surface area contributed by atoms with Crippen molar-refractivity contribution < 1.29 is 14.3 Å². The minimum atomic E-state index is 0.0113. The zero-order valence-electron chi connectivity index (χ0n) is 20.8. The summed E-state index contributed by atoms with van der Waals surface area (Å²) in [5.41, 5.74) is 5.18. The molecule has 0 radical (unpaired) electrons. The number of aryl methyl sites for hydroxylation is 1. The molecule has 1 aromatic heterocycles. The van der Waals surface area contributed by atoms with Gasteiger partial charge in [-0.3, -0.25) is 4.79 Å². The first-order chi connectivity index (χ1) is 17.6. The molecule has 6 nitrogen and oxygen atoms in total. The van der Waals surface area contributed by atoms with Crippen LogP contribution in [-0.4, -0.2) is 35.7 Å². The fourth-order valence-electron chi connectivity index (χ4n) is 4.99. The highest BCUT2D eigenvalue weighted by Crippen LogP contribution is 2.34. The summed E-state index contributed by atoms with van der Waals surface area (Å²) in [7, 11) is 1.65. The summed E-state index contributed by atoms with van der Waals surface area (Å²) >= 11 is 0. The Morgan fingerprint density at radius 3 is 2.69 bits per heavy atom. The van der Waals surface area contributed by atoms with E-state index in [2.05, 4.69) is 17.2 Å². The van der Waals surface area contributed by atoms with E-state index in [4.69, 9.17) is 14.5 Å². The van der Waals surface area contributed by atoms with Crippen LogP contribution in [0.15, 0.2) is 79.4 Å². The molecule has 1 aliphatic rings. The molecular formula is C30H31N3O3. The predicted octanol–water partition coefficient (Wildman–Crippen LogP) is 5.68. The minimum absolute atomic E-state index is 0.0113. The van der Waals surface area contributed by atoms with Gasteiger partial charge in [-0.25, -0.2) is 4.98 Å². The molecule has 0 unspecified atom stereocenters. The third-order valence-corrected chi connectivity index (χ3v) is 6.76. The minimum Gasteiger partial charge on any atom is -0.493 e. The smallest absolute Gasteiger partial charge is 0.227 e. The highest BCUT2D eigenvalue weighted by Gasteiger charge is 2.35. The van der Waals surface area contributed by atoms with E-state index in [0.717, 1.165) is 40.1 Å². The lowest BCUT2D eigenvalue weighted by atomic mass is 10.1. The highest BCUT2D eigenvalue weighted by atomic mass is 16.5. The van der Waals surface area contributed by atoms with Gasteiger partial charge in [0.1, 0.15) is 12.4 Å². The maximum absolute atomic E-state index is 13.0. The number of para-hydroxylation sites is 3. The molecule has 0 saturated carbocycles. The Labute approximate surface area is 211 Å². The van der Waals surface area contributed by atoms with Crippen molar-refractivity contribution in [1.82, 2.24) is 9.55 Å². The number of amides is 1. The van der Waals surface area contributed by atoms with Crippen LogP contribution in [0.25, 0.3) is 11.0 Å². The fraction of sp³-hybridized carbons (Fsp3) is 0.267. The molecule has 6 heteroatoms. The lowest BCUT2D eigenvalue weighted by molar-refractivity contribution is -0.117. The topological polar surface area (TPSA) is 56.6 Å². The Morgan fingerprint density at radius 1 is 1.08 bits per heavy atom. The van der Waals surface area contributed by atoms with Crippen molar-refractivity contribution in [1.29, 1.82) is 0 Å². The van der Waals surface area contributed by atoms with Crippen molar-refractivity contribution in [3.8, 4) is 11.5 Å². The number of ether oxygens (including phenoxy) is 2. The number of methoxy groups -OCH3 is 1. The Morgan fingerprint density at radius 2 is 1.89 bits per heavy atom. The molecule has 1 aliphatic heterocycles. The van der Waals surface area contributed by atoms with Crippen molar-refractivity contribution in [3.63, 3.8) is 0 Å². The van der Waals surface area contributed by atoms with Gasteiger partial charge in [0.15, 0.2) is 11.5 Å². The number of carbonyl (C=O) groups is 1. The SMILES string of the molecule is C=CCc1ccc(OCCn2c([C@@H]3CC(=O)N(c4ccccc4C)C3)nc3ccccc32)c(OC)c1. The highest BCUT2D eigenvalue weighted by molar-refractivity contribution is 5.97. The molecule has 1 saturated heterocycles. The second-order valence-corrected chi connectivity index (χ2v) is 9.13. The summed E-state index contributed by atoms with van der Waals surface area (Å²) in [6, 6.07) is 22.1. The summed E-state index contributed by atoms with van der Waals surface area (Å²) in [6.45, 7) is 7.53. The van der Waals surface area contributed by atoms with Gasteiger partial charge in [0.25, 0.3) is 0 Å². The van der Waals surface area contributed by atoms with Gasteiger partial charge < -0.3 is 18.9 Å². The van der Waals surface area contributed by atoms with Crippen LogP contribution in [0.3, 0.4) is 0 Å². The molecule has 1 amide bonds. The molecule has 1 atom stereocenters. The maximum atomic E-state index is 13.0. The molecular weight excluding hydrogens is 450 g/mol. The number of carbonyl (C=O) groups excluding carboxylic acids is 1. The molecule has 0 bridgehead atoms. The van der Waals surface area contributed by atoms with Crippen LogP contribution < -0.4 is 14.4 Å². The van der Waals surface area contributed by atoms with E-state index in [9.17, 15) is 4.79 Å². The van der Waals surface area contributed by atoms with Gasteiger partial charge in [-0.05, 0) is 54.8 Å². The normalized spacial score (nSPS) is 15.4. The van der Waals surface area contributed by atoms with E-state index in [0.29, 0.717) is 37.6 Å². The van der Waals surface area contributed by atoms with Crippen molar-refractivity contribution in [3.05, 3.63) is 96.3 Å². The number of anilines is 1. The van der Waals surface area contributed by atoms with E-state index in [1.807, 2.05) is 78.6 Å². The van der Waals surface area contributed by atoms with Gasteiger partial charge in [0.05, 0.1) is 24.7 Å². The van der Waals surface area contributed by atoms with Gasteiger partial charge in [-0.15, -0.1) is 6.58 Å². The first kappa shape index (κ1) is 23.7. The lowest BCUT2D eigenvalue weighted by Crippen LogP contribution is -2.25. The Balaban J connectivity index is 1.38. The van der Waals surface area contributed by atoms with E-state index >= 15 is 0 Å². The Kier molecular flexibility index (Phi) is 6.76. The van der Waals surface area contributed by atoms with Gasteiger partial charge in [0, 0.05) is 24.6 Å². The van der Waals surface area contributed by atoms with Crippen LogP contribution >= 0.6 is 0 Å². The van der Waals surface area contributed by atoms with Gasteiger partial charge in [-0.1, -0.05) is 42.5 Å². The molecule has 0 spiro atoms. The van der Waals surface area contributed by atoms with E-state index in [1.54, 1.807) is 7.11 Å². The van der Waals surface area contributed by atoms with E-state index in [1.165, 1.54) is 0 Å². The Bertz CT molecular complexity index is 1410. The summed E-state index contributed by atoms with van der Waals surface area (Å²) in [4.78, 5) is 19.9. The van der Waals surface area contributed by atoms with E-state index in [-0.39, 0.29) is 11.8 Å². The molecule has 1 fully saturated rings. The zero-order valence-corrected chi connectivity index (χ0v) is 20.8. The number of aromatic nitrogens is 2. The van der Waals surface area contributed by atoms with E-state index < -0.39 is 0 Å². The second kappa shape index (κ2) is 10.3. The molecule has 4 aromatic rings. The van der Waals surface area contributed by atoms with Crippen LogP contribution in [0.5, 0.6) is 11.5 Å². The third-order valence-electron chi connectivity index (χ3n) is 6.76. The van der Waals surface area contributed by atoms with Crippen molar-refractivity contribution in [2.45, 2.75) is 32.2 Å². The summed E-state index contributed by atoms with van der Waals surface area (Å²) < 4.78 is 13.9. The zero-order chi connectivity index (χ0) is 25.1. The number of allylic oxidation sites excluding steroid dienone is 1. The molecule has 36 heavy (non-hydrogen) atoms. The van der Waals surface area contributed by atoms with Gasteiger partial charge in [-0.2, -0.15) is 0 Å². The first-order valence-electron chi connectivity index (χ1n) is 12.3. The summed E-state index contributed by atoms with van der Waals surface area (Å²) in [5, 5.41) is 0. The van der Waals surface area contributed by atoms with Crippen molar-refractivity contribution >= 4 is 22.6 Å². The van der Waals surface area contributed by atoms with Crippen LogP contribution in [0, 0.1) is 6.92 Å². The molecule has 0 aliphatic carbocycles. The van der Waals surface area contributed by atoms with Crippen LogP contribution in [0.4, 0.5) is 5.69 Å². The number of fused-ring (bicyclic) bond motifs is 1. The number of imidazole rings is 1. The first-order valence-corrected chi connectivity index (χ1v) is 12.3. The quantitative estimate of drug-likeness (QED) is 0.289. The largest absolute Gasteiger partial charge is 0.493 e. The van der Waals surface area contributed by atoms with Crippen LogP contribution in [0.2, 0.25) is 0 Å². The monoisotopic (exact) mass is 481 g/mol. The number of nitrogens with zero attached hydrogens (tertiary/aromatic N) is 3. The van der Waals surface area contributed by atoms with Crippen molar-refractivity contribution in [2.24, 2.45) is 0 Å². The van der Waals surface area contributed by atoms with Gasteiger partial charge in [0.2, 0.25) is 5.91 Å². The number of hydrogen-bond donors (Lipinski definition) is 0. The van der Waals surface area contributed by atoms with Crippen LogP contribution in [-0.2, 0) is 17.8 Å². The number of benzene rings is 3. The Hall–Kier alpha value is -4.06. The standard InChI is InChI=1S/C30H31N3O3/c1-4-9-22-14-15-27(28(18-22)35-3)36-17-16-32-26-13-8-6-11-24(26)31-30(32)23-19-29(34)33(20-23)25-12-7-5-10-21(25)2/h4-8,10-15,18,23H,1,9,16-17,19-20H2,2-3H3/t23-/m1/s1. The molecule has 0 N–H and O–H groups in total. The third kappa shape index (κ3) is 4.59. The van der Waals surface area contributed by atoms with Gasteiger partial charge >= 0.3 is 0 Å². The number of hydrogen-bond acceptors (Lipinski definition) is 4. The predicted molar refractivity (Wildman–Crippen MR) is 143 cm³/mol. The lowest BCUT2D eigenvalue weighted by Gasteiger charge is -2.19. The van der Waals surface area contributed by atoms with Crippen LogP contribution in [0.1, 0.15) is 29.3 Å². The maximum Gasteiger partial charge on any atom is 0.227 e. The molecule has 3 aromatic carbocycles. The average Bonchev–Trinajstić information content (AvgIpc) is 3.45. The molecule has 5 rings (SSSR count). The summed E-state index contributed by atoms with van der Waals surface area (Å²) in [5.74, 6) is 2.49. The van der Waals surface area contributed by atoms with Crippen molar-refractivity contribution in [2.75, 3.05) is 25.2 Å².